The SMILES string of the molecule is CC(C)C(N)Cc1nc(-c2cnccn2)no1. The molecule has 2 aromatic rings. The van der Waals surface area contributed by atoms with Crippen LogP contribution in [0.1, 0.15) is 19.7 Å². The lowest BCUT2D eigenvalue weighted by atomic mass is 10.0. The highest BCUT2D eigenvalue weighted by molar-refractivity contribution is 5.45. The molecule has 0 aromatic carbocycles. The molecular formula is C11H15N5O. The number of rotatable bonds is 4. The Bertz CT molecular complexity index is 468. The molecule has 2 rings (SSSR count). The van der Waals surface area contributed by atoms with Crippen LogP contribution in [0.4, 0.5) is 0 Å². The van der Waals surface area contributed by atoms with Gasteiger partial charge in [-0.15, -0.1) is 0 Å². The van der Waals surface area contributed by atoms with Crippen molar-refractivity contribution >= 4 is 0 Å². The molecule has 2 heterocycles. The first-order valence-electron chi connectivity index (χ1n) is 5.51. The van der Waals surface area contributed by atoms with Gasteiger partial charge in [0.05, 0.1) is 6.20 Å². The number of hydrogen-bond acceptors (Lipinski definition) is 6. The highest BCUT2D eigenvalue weighted by Gasteiger charge is 2.15. The fourth-order valence-corrected chi connectivity index (χ4v) is 1.29. The van der Waals surface area contributed by atoms with Crippen molar-refractivity contribution in [2.45, 2.75) is 26.3 Å². The Labute approximate surface area is 99.3 Å². The Hall–Kier alpha value is -1.82. The van der Waals surface area contributed by atoms with Crippen LogP contribution in [0.2, 0.25) is 0 Å². The van der Waals surface area contributed by atoms with E-state index in [1.807, 2.05) is 0 Å². The van der Waals surface area contributed by atoms with E-state index in [2.05, 4.69) is 34.0 Å². The maximum atomic E-state index is 5.94. The van der Waals surface area contributed by atoms with Crippen LogP contribution in [0.3, 0.4) is 0 Å². The first kappa shape index (κ1) is 11.7. The first-order valence-corrected chi connectivity index (χ1v) is 5.51. The third-order valence-electron chi connectivity index (χ3n) is 2.53. The maximum absolute atomic E-state index is 5.94. The summed E-state index contributed by atoms with van der Waals surface area (Å²) < 4.78 is 5.13. The molecule has 0 amide bonds. The summed E-state index contributed by atoms with van der Waals surface area (Å²) in [6.45, 7) is 4.12. The van der Waals surface area contributed by atoms with Gasteiger partial charge in [0.1, 0.15) is 5.69 Å². The largest absolute Gasteiger partial charge is 0.339 e. The Morgan fingerprint density at radius 3 is 2.82 bits per heavy atom. The Balaban J connectivity index is 2.12. The van der Waals surface area contributed by atoms with E-state index < -0.39 is 0 Å². The molecule has 0 fully saturated rings. The number of aromatic nitrogens is 4. The molecule has 17 heavy (non-hydrogen) atoms. The van der Waals surface area contributed by atoms with E-state index in [0.29, 0.717) is 29.7 Å². The molecule has 2 aromatic heterocycles. The van der Waals surface area contributed by atoms with Crippen LogP contribution < -0.4 is 5.73 Å². The van der Waals surface area contributed by atoms with Crippen molar-refractivity contribution in [1.82, 2.24) is 20.1 Å². The Kier molecular flexibility index (Phi) is 3.43. The molecule has 0 aliphatic heterocycles. The second kappa shape index (κ2) is 5.01. The summed E-state index contributed by atoms with van der Waals surface area (Å²) >= 11 is 0. The van der Waals surface area contributed by atoms with E-state index in [4.69, 9.17) is 10.3 Å². The predicted molar refractivity (Wildman–Crippen MR) is 61.8 cm³/mol. The fourth-order valence-electron chi connectivity index (χ4n) is 1.29. The van der Waals surface area contributed by atoms with Crippen molar-refractivity contribution in [2.75, 3.05) is 0 Å². The molecule has 0 aliphatic rings. The van der Waals surface area contributed by atoms with Gasteiger partial charge in [-0.25, -0.2) is 4.98 Å². The third-order valence-corrected chi connectivity index (χ3v) is 2.53. The molecule has 2 N–H and O–H groups in total. The monoisotopic (exact) mass is 233 g/mol. The molecule has 0 spiro atoms. The van der Waals surface area contributed by atoms with Gasteiger partial charge in [0.25, 0.3) is 0 Å². The summed E-state index contributed by atoms with van der Waals surface area (Å²) in [5, 5.41) is 3.85. The molecule has 0 saturated heterocycles. The van der Waals surface area contributed by atoms with Crippen LogP contribution in [-0.2, 0) is 6.42 Å². The van der Waals surface area contributed by atoms with Gasteiger partial charge in [-0.1, -0.05) is 19.0 Å². The molecule has 90 valence electrons. The molecule has 1 atom stereocenters. The van der Waals surface area contributed by atoms with Crippen molar-refractivity contribution in [2.24, 2.45) is 11.7 Å². The number of hydrogen-bond donors (Lipinski definition) is 1. The van der Waals surface area contributed by atoms with Crippen molar-refractivity contribution in [3.05, 3.63) is 24.5 Å². The van der Waals surface area contributed by atoms with Gasteiger partial charge < -0.3 is 10.3 Å². The molecule has 0 aliphatic carbocycles. The average Bonchev–Trinajstić information content (AvgIpc) is 2.78. The van der Waals surface area contributed by atoms with E-state index in [-0.39, 0.29) is 6.04 Å². The zero-order valence-electron chi connectivity index (χ0n) is 9.87. The summed E-state index contributed by atoms with van der Waals surface area (Å²) in [4.78, 5) is 12.3. The molecule has 0 bridgehead atoms. The molecule has 6 nitrogen and oxygen atoms in total. The Morgan fingerprint density at radius 1 is 1.35 bits per heavy atom. The summed E-state index contributed by atoms with van der Waals surface area (Å²) in [6, 6.07) is 0.0187. The zero-order chi connectivity index (χ0) is 12.3. The van der Waals surface area contributed by atoms with Crippen LogP contribution in [0, 0.1) is 5.92 Å². The zero-order valence-corrected chi connectivity index (χ0v) is 9.87. The van der Waals surface area contributed by atoms with Crippen LogP contribution in [0.5, 0.6) is 0 Å². The van der Waals surface area contributed by atoms with Gasteiger partial charge in [0, 0.05) is 24.9 Å². The lowest BCUT2D eigenvalue weighted by molar-refractivity contribution is 0.353. The summed E-state index contributed by atoms with van der Waals surface area (Å²) in [5.41, 5.74) is 6.54. The molecular weight excluding hydrogens is 218 g/mol. The molecule has 1 unspecified atom stereocenters. The topological polar surface area (TPSA) is 90.7 Å². The molecule has 0 radical (unpaired) electrons. The smallest absolute Gasteiger partial charge is 0.228 e. The van der Waals surface area contributed by atoms with Gasteiger partial charge in [-0.05, 0) is 5.92 Å². The van der Waals surface area contributed by atoms with Gasteiger partial charge in [0.2, 0.25) is 11.7 Å². The summed E-state index contributed by atoms with van der Waals surface area (Å²) in [5.74, 6) is 1.36. The minimum Gasteiger partial charge on any atom is -0.339 e. The second-order valence-corrected chi connectivity index (χ2v) is 4.21. The average molecular weight is 233 g/mol. The second-order valence-electron chi connectivity index (χ2n) is 4.21. The fraction of sp³-hybridized carbons (Fsp3) is 0.455. The van der Waals surface area contributed by atoms with E-state index in [9.17, 15) is 0 Å². The quantitative estimate of drug-likeness (QED) is 0.848. The van der Waals surface area contributed by atoms with E-state index >= 15 is 0 Å². The van der Waals surface area contributed by atoms with Gasteiger partial charge >= 0.3 is 0 Å². The van der Waals surface area contributed by atoms with Crippen molar-refractivity contribution < 1.29 is 4.52 Å². The van der Waals surface area contributed by atoms with Crippen LogP contribution in [0.25, 0.3) is 11.5 Å². The van der Waals surface area contributed by atoms with Crippen LogP contribution in [0.15, 0.2) is 23.1 Å². The van der Waals surface area contributed by atoms with Crippen molar-refractivity contribution in [3.63, 3.8) is 0 Å². The number of nitrogens with two attached hydrogens (primary N) is 1. The first-order chi connectivity index (χ1) is 8.16. The maximum Gasteiger partial charge on any atom is 0.228 e. The Morgan fingerprint density at radius 2 is 2.18 bits per heavy atom. The van der Waals surface area contributed by atoms with E-state index in [0.717, 1.165) is 0 Å². The lowest BCUT2D eigenvalue weighted by Gasteiger charge is -2.11. The minimum absolute atomic E-state index is 0.0187. The van der Waals surface area contributed by atoms with Gasteiger partial charge in [0.15, 0.2) is 0 Å². The van der Waals surface area contributed by atoms with Crippen molar-refractivity contribution in [3.8, 4) is 11.5 Å². The van der Waals surface area contributed by atoms with Crippen molar-refractivity contribution in [1.29, 1.82) is 0 Å². The highest BCUT2D eigenvalue weighted by Crippen LogP contribution is 2.13. The van der Waals surface area contributed by atoms with Gasteiger partial charge in [-0.2, -0.15) is 4.98 Å². The summed E-state index contributed by atoms with van der Waals surface area (Å²) in [7, 11) is 0. The lowest BCUT2D eigenvalue weighted by Crippen LogP contribution is -2.28. The minimum atomic E-state index is 0.0187. The van der Waals surface area contributed by atoms with Gasteiger partial charge in [-0.3, -0.25) is 4.98 Å². The normalized spacial score (nSPS) is 12.9. The summed E-state index contributed by atoms with van der Waals surface area (Å²) in [6.07, 6.45) is 5.35. The third kappa shape index (κ3) is 2.85. The molecule has 6 heteroatoms. The van der Waals surface area contributed by atoms with Crippen LogP contribution in [-0.4, -0.2) is 26.2 Å². The predicted octanol–water partition coefficient (Wildman–Crippen LogP) is 1.05. The van der Waals surface area contributed by atoms with E-state index in [1.165, 1.54) is 0 Å². The highest BCUT2D eigenvalue weighted by atomic mass is 16.5. The van der Waals surface area contributed by atoms with E-state index in [1.54, 1.807) is 18.6 Å². The van der Waals surface area contributed by atoms with Crippen LogP contribution >= 0.6 is 0 Å². The molecule has 0 saturated carbocycles. The number of nitrogens with zero attached hydrogens (tertiary/aromatic N) is 4. The standard InChI is InChI=1S/C11H15N5O/c1-7(2)8(12)5-10-15-11(16-17-10)9-6-13-3-4-14-9/h3-4,6-8H,5,12H2,1-2H3.